The van der Waals surface area contributed by atoms with E-state index in [4.69, 9.17) is 4.74 Å². The zero-order valence-electron chi connectivity index (χ0n) is 19.6. The van der Waals surface area contributed by atoms with Gasteiger partial charge in [0.15, 0.2) is 11.5 Å². The fourth-order valence-electron chi connectivity index (χ4n) is 3.64. The lowest BCUT2D eigenvalue weighted by Gasteiger charge is -2.13. The van der Waals surface area contributed by atoms with E-state index < -0.39 is 17.6 Å². The summed E-state index contributed by atoms with van der Waals surface area (Å²) in [5.74, 6) is 0.295. The van der Waals surface area contributed by atoms with Crippen molar-refractivity contribution >= 4 is 22.6 Å². The molecule has 0 unspecified atom stereocenters. The topological polar surface area (TPSA) is 94.8 Å². The molecule has 5 rings (SSSR count). The van der Waals surface area contributed by atoms with Gasteiger partial charge in [-0.05, 0) is 48.9 Å². The van der Waals surface area contributed by atoms with Gasteiger partial charge in [0.25, 0.3) is 5.91 Å². The molecule has 0 saturated heterocycles. The van der Waals surface area contributed by atoms with Crippen molar-refractivity contribution in [1.29, 1.82) is 0 Å². The Kier molecular flexibility index (Phi) is 6.04. The maximum absolute atomic E-state index is 13.1. The van der Waals surface area contributed by atoms with Gasteiger partial charge in [0.1, 0.15) is 11.1 Å². The third kappa shape index (κ3) is 5.10. The molecule has 0 aliphatic rings. The number of ether oxygens (including phenoxy) is 1. The molecule has 0 bridgehead atoms. The van der Waals surface area contributed by atoms with Gasteiger partial charge in [-0.15, -0.1) is 0 Å². The number of alkyl halides is 3. The lowest BCUT2D eigenvalue weighted by atomic mass is 10.1. The number of aromatic nitrogens is 5. The molecular formula is C26H19F3N6O2. The van der Waals surface area contributed by atoms with Gasteiger partial charge < -0.3 is 10.1 Å². The molecule has 5 aromatic rings. The van der Waals surface area contributed by atoms with E-state index >= 15 is 0 Å². The molecule has 0 spiro atoms. The van der Waals surface area contributed by atoms with Crippen LogP contribution in [0.3, 0.4) is 0 Å². The van der Waals surface area contributed by atoms with Crippen molar-refractivity contribution in [2.24, 2.45) is 7.05 Å². The average molecular weight is 504 g/mol. The Labute approximate surface area is 208 Å². The molecule has 186 valence electrons. The smallest absolute Gasteiger partial charge is 0.416 e. The zero-order chi connectivity index (χ0) is 26.2. The van der Waals surface area contributed by atoms with Crippen LogP contribution >= 0.6 is 0 Å². The Balaban J connectivity index is 1.46. The quantitative estimate of drug-likeness (QED) is 0.325. The predicted molar refractivity (Wildman–Crippen MR) is 130 cm³/mol. The van der Waals surface area contributed by atoms with Crippen molar-refractivity contribution in [2.45, 2.75) is 13.1 Å². The SMILES string of the molecule is Cc1ccc(Oc2nc(-c3cccnc3)nc3nn(C)cc23)cc1NC(=O)c1cccc(C(F)(F)F)c1. The van der Waals surface area contributed by atoms with Crippen LogP contribution in [0.5, 0.6) is 11.6 Å². The Hall–Kier alpha value is -4.80. The first-order valence-corrected chi connectivity index (χ1v) is 11.1. The highest BCUT2D eigenvalue weighted by molar-refractivity contribution is 6.04. The van der Waals surface area contributed by atoms with Crippen LogP contribution in [0.1, 0.15) is 21.5 Å². The minimum atomic E-state index is -4.55. The highest BCUT2D eigenvalue weighted by Gasteiger charge is 2.31. The third-order valence-electron chi connectivity index (χ3n) is 5.50. The summed E-state index contributed by atoms with van der Waals surface area (Å²) in [6.45, 7) is 1.76. The molecule has 0 atom stereocenters. The van der Waals surface area contributed by atoms with E-state index in [9.17, 15) is 18.0 Å². The van der Waals surface area contributed by atoms with Gasteiger partial charge in [0, 0.05) is 48.5 Å². The van der Waals surface area contributed by atoms with E-state index in [1.54, 1.807) is 61.5 Å². The van der Waals surface area contributed by atoms with E-state index in [1.165, 1.54) is 12.1 Å². The molecule has 0 aliphatic heterocycles. The summed E-state index contributed by atoms with van der Waals surface area (Å²) in [7, 11) is 1.75. The van der Waals surface area contributed by atoms with Gasteiger partial charge >= 0.3 is 6.18 Å². The summed E-state index contributed by atoms with van der Waals surface area (Å²) >= 11 is 0. The number of pyridine rings is 1. The zero-order valence-corrected chi connectivity index (χ0v) is 19.6. The fraction of sp³-hybridized carbons (Fsp3) is 0.115. The Morgan fingerprint density at radius 2 is 1.89 bits per heavy atom. The molecular weight excluding hydrogens is 485 g/mol. The number of hydrogen-bond donors (Lipinski definition) is 1. The molecule has 8 nitrogen and oxygen atoms in total. The number of nitrogens with zero attached hydrogens (tertiary/aromatic N) is 5. The van der Waals surface area contributed by atoms with Crippen molar-refractivity contribution in [3.63, 3.8) is 0 Å². The second-order valence-corrected chi connectivity index (χ2v) is 8.25. The highest BCUT2D eigenvalue weighted by atomic mass is 19.4. The van der Waals surface area contributed by atoms with Gasteiger partial charge in [-0.1, -0.05) is 12.1 Å². The van der Waals surface area contributed by atoms with E-state index in [0.29, 0.717) is 39.4 Å². The first-order valence-electron chi connectivity index (χ1n) is 11.1. The molecule has 3 aromatic heterocycles. The Morgan fingerprint density at radius 1 is 1.05 bits per heavy atom. The van der Waals surface area contributed by atoms with Crippen LogP contribution in [0.2, 0.25) is 0 Å². The van der Waals surface area contributed by atoms with Crippen LogP contribution < -0.4 is 10.1 Å². The number of carbonyl (C=O) groups is 1. The first-order chi connectivity index (χ1) is 17.7. The maximum atomic E-state index is 13.1. The highest BCUT2D eigenvalue weighted by Crippen LogP contribution is 2.32. The van der Waals surface area contributed by atoms with E-state index in [1.807, 2.05) is 6.07 Å². The van der Waals surface area contributed by atoms with Crippen LogP contribution in [-0.2, 0) is 13.2 Å². The van der Waals surface area contributed by atoms with Crippen LogP contribution in [0, 0.1) is 6.92 Å². The maximum Gasteiger partial charge on any atom is 0.416 e. The Bertz CT molecular complexity index is 1620. The van der Waals surface area contributed by atoms with Gasteiger partial charge in [0.2, 0.25) is 5.88 Å². The number of halogens is 3. The summed E-state index contributed by atoms with van der Waals surface area (Å²) in [6, 6.07) is 12.8. The first kappa shape index (κ1) is 23.9. The van der Waals surface area contributed by atoms with Gasteiger partial charge in [-0.2, -0.15) is 23.3 Å². The number of carbonyl (C=O) groups excluding carboxylic acids is 1. The summed E-state index contributed by atoms with van der Waals surface area (Å²) in [6.07, 6.45) is 0.439. The number of nitrogens with one attached hydrogen (secondary N) is 1. The molecule has 0 fully saturated rings. The van der Waals surface area contributed by atoms with Crippen molar-refractivity contribution < 1.29 is 22.7 Å². The fourth-order valence-corrected chi connectivity index (χ4v) is 3.64. The van der Waals surface area contributed by atoms with Crippen molar-refractivity contribution in [3.05, 3.63) is 89.9 Å². The predicted octanol–water partition coefficient (Wildman–Crippen LogP) is 5.80. The van der Waals surface area contributed by atoms with E-state index in [-0.39, 0.29) is 11.4 Å². The van der Waals surface area contributed by atoms with Crippen LogP contribution in [-0.4, -0.2) is 30.6 Å². The van der Waals surface area contributed by atoms with Crippen molar-refractivity contribution in [3.8, 4) is 23.0 Å². The average Bonchev–Trinajstić information content (AvgIpc) is 3.26. The molecule has 0 aliphatic carbocycles. The third-order valence-corrected chi connectivity index (χ3v) is 5.50. The van der Waals surface area contributed by atoms with Crippen molar-refractivity contribution in [1.82, 2.24) is 24.7 Å². The van der Waals surface area contributed by atoms with E-state index in [0.717, 1.165) is 12.1 Å². The number of fused-ring (bicyclic) bond motifs is 1. The number of benzene rings is 2. The van der Waals surface area contributed by atoms with Crippen molar-refractivity contribution in [2.75, 3.05) is 5.32 Å². The molecule has 3 heterocycles. The number of hydrogen-bond acceptors (Lipinski definition) is 6. The standard InChI is InChI=1S/C26H19F3N6O2/c1-15-8-9-19(12-21(15)31-24(36)16-5-3-7-18(11-16)26(27,28)29)37-25-20-14-35(2)34-23(20)32-22(33-25)17-6-4-10-30-13-17/h3-14H,1-2H3,(H,31,36). The minimum absolute atomic E-state index is 0.116. The normalized spacial score (nSPS) is 11.5. The summed E-state index contributed by atoms with van der Waals surface area (Å²) in [5.41, 5.74) is 1.16. The molecule has 0 saturated carbocycles. The summed E-state index contributed by atoms with van der Waals surface area (Å²) in [5, 5.41) is 7.60. The molecule has 1 N–H and O–H groups in total. The number of anilines is 1. The summed E-state index contributed by atoms with van der Waals surface area (Å²) in [4.78, 5) is 25.9. The number of aryl methyl sites for hydroxylation is 2. The van der Waals surface area contributed by atoms with Crippen LogP contribution in [0.25, 0.3) is 22.4 Å². The van der Waals surface area contributed by atoms with Gasteiger partial charge in [-0.25, -0.2) is 4.98 Å². The molecule has 0 radical (unpaired) electrons. The Morgan fingerprint density at radius 3 is 2.65 bits per heavy atom. The molecule has 37 heavy (non-hydrogen) atoms. The number of rotatable bonds is 5. The van der Waals surface area contributed by atoms with Gasteiger partial charge in [-0.3, -0.25) is 14.5 Å². The van der Waals surface area contributed by atoms with E-state index in [2.05, 4.69) is 25.4 Å². The van der Waals surface area contributed by atoms with Crippen LogP contribution in [0.4, 0.5) is 18.9 Å². The summed E-state index contributed by atoms with van der Waals surface area (Å²) < 4.78 is 46.9. The molecule has 11 heteroatoms. The minimum Gasteiger partial charge on any atom is -0.438 e. The lowest BCUT2D eigenvalue weighted by molar-refractivity contribution is -0.137. The molecule has 1 amide bonds. The van der Waals surface area contributed by atoms with Gasteiger partial charge in [0.05, 0.1) is 5.56 Å². The lowest BCUT2D eigenvalue weighted by Crippen LogP contribution is -2.14. The van der Waals surface area contributed by atoms with Crippen LogP contribution in [0.15, 0.2) is 73.2 Å². The largest absolute Gasteiger partial charge is 0.438 e. The second kappa shape index (κ2) is 9.34. The second-order valence-electron chi connectivity index (χ2n) is 8.25. The monoisotopic (exact) mass is 504 g/mol. The molecule has 2 aromatic carbocycles. The number of amides is 1.